The Morgan fingerprint density at radius 1 is 0.500 bits per heavy atom. The second kappa shape index (κ2) is 45.7. The summed E-state index contributed by atoms with van der Waals surface area (Å²) in [6.07, 6.45) is 0. The van der Waals surface area contributed by atoms with Crippen LogP contribution in [0.15, 0.2) is 0 Å². The van der Waals surface area contributed by atoms with Gasteiger partial charge in [0.2, 0.25) is 0 Å². The summed E-state index contributed by atoms with van der Waals surface area (Å²) in [4.78, 5) is 0. The summed E-state index contributed by atoms with van der Waals surface area (Å²) < 4.78 is 0. The fourth-order valence-electron chi connectivity index (χ4n) is 0. The molecule has 0 aromatic heterocycles. The fourth-order valence-corrected chi connectivity index (χ4v) is 0. The zero-order valence-corrected chi connectivity index (χ0v) is 9.41. The molecule has 0 unspecified atom stereocenters. The molecule has 6 heteroatoms. The maximum Gasteiger partial charge on any atom is 2.00 e. The molecule has 6 heavy (non-hydrogen) atoms. The molecule has 0 spiro atoms. The Morgan fingerprint density at radius 2 is 0.500 bits per heavy atom. The van der Waals surface area contributed by atoms with Crippen molar-refractivity contribution in [3.63, 3.8) is 0 Å². The molecule has 0 fully saturated rings. The maximum absolute atomic E-state index is 0. The van der Waals surface area contributed by atoms with Crippen LogP contribution in [0.25, 0.3) is 0 Å². The number of hydrogen-bond acceptors (Lipinski definition) is 0. The van der Waals surface area contributed by atoms with E-state index in [1.165, 1.54) is 0 Å². The molecule has 0 bridgehead atoms. The molecule has 40 valence electrons. The summed E-state index contributed by atoms with van der Waals surface area (Å²) in [5.74, 6) is 0. The Labute approximate surface area is 98.2 Å². The number of halogens is 4. The van der Waals surface area contributed by atoms with E-state index < -0.39 is 0 Å². The molecule has 0 atom stereocenters. The standard InChI is InChI=1S/4ClH.Na.Pd/h4*1H;;/q;;;;+1;+2/p-4. The van der Waals surface area contributed by atoms with Crippen molar-refractivity contribution in [3.8, 4) is 0 Å². The van der Waals surface area contributed by atoms with Crippen molar-refractivity contribution in [3.05, 3.63) is 0 Å². The first-order valence-electron chi connectivity index (χ1n) is 0. The monoisotopic (exact) mass is 269 g/mol. The van der Waals surface area contributed by atoms with E-state index in [0.717, 1.165) is 0 Å². The third-order valence-electron chi connectivity index (χ3n) is 0. The molecule has 0 aliphatic heterocycles. The van der Waals surface area contributed by atoms with E-state index in [0.29, 0.717) is 0 Å². The molecule has 0 rings (SSSR count). The van der Waals surface area contributed by atoms with E-state index in [1.807, 2.05) is 0 Å². The zero-order valence-electron chi connectivity index (χ0n) is 2.83. The molecule has 0 saturated carbocycles. The van der Waals surface area contributed by atoms with E-state index in [1.54, 1.807) is 0 Å². The molecule has 0 aromatic carbocycles. The van der Waals surface area contributed by atoms with Gasteiger partial charge in [0.1, 0.15) is 0 Å². The molecule has 0 aromatic rings. The Morgan fingerprint density at radius 3 is 0.500 bits per heavy atom. The number of hydrogen-bond donors (Lipinski definition) is 0. The Kier molecular flexibility index (Phi) is 516. The third kappa shape index (κ3) is 29.0. The molecule has 0 saturated heterocycles. The minimum atomic E-state index is 0. The Bertz CT molecular complexity index is 7.51. The average molecular weight is 271 g/mol. The van der Waals surface area contributed by atoms with Crippen LogP contribution in [0, 0.1) is 0 Å². The SMILES string of the molecule is [Cl-].[Cl-].[Cl-].[Cl-].[Na+].[Pd+2]. The van der Waals surface area contributed by atoms with Gasteiger partial charge in [0, 0.05) is 0 Å². The zero-order chi connectivity index (χ0) is 0. The van der Waals surface area contributed by atoms with E-state index in [4.69, 9.17) is 0 Å². The minimum absolute atomic E-state index is 0. The normalized spacial score (nSPS) is 0. The van der Waals surface area contributed by atoms with Crippen molar-refractivity contribution in [1.82, 2.24) is 0 Å². The minimum Gasteiger partial charge on any atom is -1.00 e. The summed E-state index contributed by atoms with van der Waals surface area (Å²) >= 11 is 0. The van der Waals surface area contributed by atoms with E-state index in [2.05, 4.69) is 0 Å². The van der Waals surface area contributed by atoms with Gasteiger partial charge in [-0.05, 0) is 0 Å². The van der Waals surface area contributed by atoms with Gasteiger partial charge in [-0.25, -0.2) is 0 Å². The largest absolute Gasteiger partial charge is 2.00 e. The van der Waals surface area contributed by atoms with Crippen LogP contribution in [0.1, 0.15) is 0 Å². The summed E-state index contributed by atoms with van der Waals surface area (Å²) in [6, 6.07) is 0. The molecule has 0 N–H and O–H groups in total. The molecule has 0 amide bonds. The smallest absolute Gasteiger partial charge is 1.00 e. The second-order valence-corrected chi connectivity index (χ2v) is 0. The average Bonchev–Trinajstić information content (AvgIpc) is 0. The first kappa shape index (κ1) is 67.8. The van der Waals surface area contributed by atoms with Crippen LogP contribution in [0.3, 0.4) is 0 Å². The Balaban J connectivity index is 0. The predicted octanol–water partition coefficient (Wildman–Crippen LogP) is -15.0. The molecule has 0 radical (unpaired) electrons. The van der Waals surface area contributed by atoms with E-state index in [9.17, 15) is 0 Å². The predicted molar refractivity (Wildman–Crippen MR) is 0 cm³/mol. The molecule has 0 nitrogen and oxygen atoms in total. The van der Waals surface area contributed by atoms with Crippen molar-refractivity contribution in [2.45, 2.75) is 0 Å². The van der Waals surface area contributed by atoms with Crippen molar-refractivity contribution in [2.24, 2.45) is 0 Å². The molecular formula is Cl4NaPd-. The second-order valence-electron chi connectivity index (χ2n) is 0. The van der Waals surface area contributed by atoms with Crippen molar-refractivity contribution in [1.29, 1.82) is 0 Å². The van der Waals surface area contributed by atoms with Crippen LogP contribution >= 0.6 is 0 Å². The first-order valence-corrected chi connectivity index (χ1v) is 0. The summed E-state index contributed by atoms with van der Waals surface area (Å²) in [5.41, 5.74) is 0. The van der Waals surface area contributed by atoms with Gasteiger partial charge in [0.25, 0.3) is 0 Å². The van der Waals surface area contributed by atoms with Crippen LogP contribution in [0.5, 0.6) is 0 Å². The quantitative estimate of drug-likeness (QED) is 0.384. The summed E-state index contributed by atoms with van der Waals surface area (Å²) in [5, 5.41) is 0. The molecule has 0 aliphatic carbocycles. The van der Waals surface area contributed by atoms with Crippen molar-refractivity contribution < 1.29 is 99.6 Å². The van der Waals surface area contributed by atoms with Crippen LogP contribution in [0.2, 0.25) is 0 Å². The van der Waals surface area contributed by atoms with Gasteiger partial charge < -0.3 is 49.6 Å². The van der Waals surface area contributed by atoms with Gasteiger partial charge in [0.15, 0.2) is 0 Å². The third-order valence-corrected chi connectivity index (χ3v) is 0. The van der Waals surface area contributed by atoms with Crippen molar-refractivity contribution >= 4 is 0 Å². The van der Waals surface area contributed by atoms with Gasteiger partial charge in [-0.2, -0.15) is 0 Å². The molecular weight excluding hydrogens is 271 g/mol. The van der Waals surface area contributed by atoms with Gasteiger partial charge >= 0.3 is 50.0 Å². The van der Waals surface area contributed by atoms with Gasteiger partial charge in [-0.1, -0.05) is 0 Å². The number of rotatable bonds is 0. The van der Waals surface area contributed by atoms with Gasteiger partial charge in [-0.15, -0.1) is 0 Å². The molecule has 0 aliphatic rings. The van der Waals surface area contributed by atoms with Crippen LogP contribution < -0.4 is 79.2 Å². The van der Waals surface area contributed by atoms with Crippen molar-refractivity contribution in [2.75, 3.05) is 0 Å². The first-order chi connectivity index (χ1) is 0. The van der Waals surface area contributed by atoms with E-state index >= 15 is 0 Å². The van der Waals surface area contributed by atoms with Crippen LogP contribution in [-0.2, 0) is 20.4 Å². The van der Waals surface area contributed by atoms with E-state index in [-0.39, 0.29) is 99.6 Å². The van der Waals surface area contributed by atoms with Crippen LogP contribution in [0.4, 0.5) is 0 Å². The summed E-state index contributed by atoms with van der Waals surface area (Å²) in [7, 11) is 0. The molecule has 0 heterocycles. The Hall–Kier alpha value is 2.82. The van der Waals surface area contributed by atoms with Gasteiger partial charge in [0.05, 0.1) is 0 Å². The maximum atomic E-state index is 0. The topological polar surface area (TPSA) is 0 Å². The fraction of sp³-hybridized carbons (Fsp3) is 0. The summed E-state index contributed by atoms with van der Waals surface area (Å²) in [6.45, 7) is 0. The van der Waals surface area contributed by atoms with Gasteiger partial charge in [-0.3, -0.25) is 0 Å². The van der Waals surface area contributed by atoms with Crippen LogP contribution in [-0.4, -0.2) is 0 Å².